The lowest BCUT2D eigenvalue weighted by Crippen LogP contribution is -2.36. The van der Waals surface area contributed by atoms with Crippen LogP contribution in [0.2, 0.25) is 0 Å². The average molecular weight is 357 g/mol. The molecule has 0 saturated carbocycles. The summed E-state index contributed by atoms with van der Waals surface area (Å²) in [4.78, 5) is 0. The Labute approximate surface area is 153 Å². The number of fused-ring (bicyclic) bond motifs is 3. The summed E-state index contributed by atoms with van der Waals surface area (Å²) in [5.74, 6) is -0.915. The van der Waals surface area contributed by atoms with E-state index in [1.165, 1.54) is 11.6 Å². The van der Waals surface area contributed by atoms with E-state index >= 15 is 0 Å². The lowest BCUT2D eigenvalue weighted by atomic mass is 9.75. The van der Waals surface area contributed by atoms with Crippen LogP contribution in [-0.2, 0) is 10.2 Å². The summed E-state index contributed by atoms with van der Waals surface area (Å²) in [5.41, 5.74) is 3.96. The predicted molar refractivity (Wildman–Crippen MR) is 99.3 cm³/mol. The zero-order valence-electron chi connectivity index (χ0n) is 15.5. The van der Waals surface area contributed by atoms with Gasteiger partial charge < -0.3 is 10.1 Å². The van der Waals surface area contributed by atoms with Gasteiger partial charge in [0.15, 0.2) is 0 Å². The number of hydrogen-bond acceptors (Lipinski definition) is 2. The molecule has 3 unspecified atom stereocenters. The van der Waals surface area contributed by atoms with E-state index in [9.17, 15) is 8.78 Å². The van der Waals surface area contributed by atoms with Crippen molar-refractivity contribution in [2.45, 2.75) is 51.2 Å². The van der Waals surface area contributed by atoms with Gasteiger partial charge in [-0.1, -0.05) is 39.0 Å². The van der Waals surface area contributed by atoms with Gasteiger partial charge >= 0.3 is 0 Å². The number of hydrogen-bond donors (Lipinski definition) is 1. The molecule has 1 saturated heterocycles. The number of benzene rings is 2. The minimum atomic E-state index is -0.547. The van der Waals surface area contributed by atoms with Gasteiger partial charge in [0.1, 0.15) is 11.6 Å². The molecule has 0 aromatic heterocycles. The maximum absolute atomic E-state index is 14.5. The molecule has 2 heterocycles. The first kappa shape index (κ1) is 17.5. The van der Waals surface area contributed by atoms with Crippen molar-refractivity contribution < 1.29 is 13.5 Å². The summed E-state index contributed by atoms with van der Waals surface area (Å²) in [6, 6.07) is 10.1. The van der Waals surface area contributed by atoms with Crippen molar-refractivity contribution in [2.24, 2.45) is 5.92 Å². The Morgan fingerprint density at radius 2 is 1.85 bits per heavy atom. The summed E-state index contributed by atoms with van der Waals surface area (Å²) in [6.45, 7) is 7.31. The third kappa shape index (κ3) is 3.01. The van der Waals surface area contributed by atoms with Crippen molar-refractivity contribution in [3.8, 4) is 0 Å². The van der Waals surface area contributed by atoms with Crippen molar-refractivity contribution in [1.82, 2.24) is 0 Å². The van der Waals surface area contributed by atoms with Crippen LogP contribution >= 0.6 is 0 Å². The van der Waals surface area contributed by atoms with Crippen molar-refractivity contribution in [3.63, 3.8) is 0 Å². The van der Waals surface area contributed by atoms with Crippen molar-refractivity contribution in [1.29, 1.82) is 0 Å². The minimum Gasteiger partial charge on any atom is -0.377 e. The summed E-state index contributed by atoms with van der Waals surface area (Å²) in [6.07, 6.45) is 1.85. The van der Waals surface area contributed by atoms with Crippen LogP contribution in [-0.4, -0.2) is 6.61 Å². The van der Waals surface area contributed by atoms with Gasteiger partial charge in [-0.15, -0.1) is 0 Å². The number of nitrogens with one attached hydrogen (secondary N) is 1. The number of rotatable bonds is 1. The Hall–Kier alpha value is -1.94. The number of ether oxygens (including phenoxy) is 1. The van der Waals surface area contributed by atoms with E-state index in [4.69, 9.17) is 4.74 Å². The molecule has 0 spiro atoms. The molecule has 138 valence electrons. The van der Waals surface area contributed by atoms with Crippen molar-refractivity contribution >= 4 is 5.69 Å². The normalized spacial score (nSPS) is 25.2. The standard InChI is InChI=1S/C22H25F2NO/c1-22(2,3)13-6-9-19-17(11-13)21-16(5-4-10-26-21)20(25-19)15-8-7-14(23)12-18(15)24/h6-9,11-12,16,20-21,25H,4-5,10H2,1-3H3. The fourth-order valence-corrected chi connectivity index (χ4v) is 4.20. The highest BCUT2D eigenvalue weighted by Gasteiger charge is 2.41. The highest BCUT2D eigenvalue weighted by atomic mass is 19.1. The minimum absolute atomic E-state index is 0.0547. The first-order valence-electron chi connectivity index (χ1n) is 9.32. The van der Waals surface area contributed by atoms with E-state index in [0.29, 0.717) is 5.56 Å². The molecule has 0 aliphatic carbocycles. The Balaban J connectivity index is 1.79. The lowest BCUT2D eigenvalue weighted by molar-refractivity contribution is -0.0385. The van der Waals surface area contributed by atoms with Crippen molar-refractivity contribution in [2.75, 3.05) is 11.9 Å². The van der Waals surface area contributed by atoms with Gasteiger partial charge in [-0.3, -0.25) is 0 Å². The summed E-state index contributed by atoms with van der Waals surface area (Å²) in [5, 5.41) is 3.51. The molecular formula is C22H25F2NO. The quantitative estimate of drug-likeness (QED) is 0.686. The van der Waals surface area contributed by atoms with Gasteiger partial charge in [0.2, 0.25) is 0 Å². The zero-order chi connectivity index (χ0) is 18.5. The smallest absolute Gasteiger partial charge is 0.131 e. The van der Waals surface area contributed by atoms with Crippen LogP contribution in [0, 0.1) is 17.6 Å². The van der Waals surface area contributed by atoms with Crippen LogP contribution in [0.15, 0.2) is 36.4 Å². The van der Waals surface area contributed by atoms with Gasteiger partial charge in [-0.25, -0.2) is 8.78 Å². The SMILES string of the molecule is CC(C)(C)c1ccc2c(c1)C1OCCCC1C(c1ccc(F)cc1F)N2. The zero-order valence-corrected chi connectivity index (χ0v) is 15.5. The monoisotopic (exact) mass is 357 g/mol. The summed E-state index contributed by atoms with van der Waals surface area (Å²) in [7, 11) is 0. The van der Waals surface area contributed by atoms with E-state index in [1.54, 1.807) is 6.07 Å². The fourth-order valence-electron chi connectivity index (χ4n) is 4.20. The molecule has 2 aliphatic heterocycles. The highest BCUT2D eigenvalue weighted by Crippen LogP contribution is 2.50. The van der Waals surface area contributed by atoms with Gasteiger partial charge in [0.05, 0.1) is 12.1 Å². The van der Waals surface area contributed by atoms with E-state index in [2.05, 4.69) is 44.3 Å². The molecule has 26 heavy (non-hydrogen) atoms. The second-order valence-electron chi connectivity index (χ2n) is 8.44. The molecule has 2 aromatic carbocycles. The first-order valence-corrected chi connectivity index (χ1v) is 9.32. The van der Waals surface area contributed by atoms with Gasteiger partial charge in [0, 0.05) is 35.4 Å². The maximum atomic E-state index is 14.5. The molecule has 0 amide bonds. The second-order valence-corrected chi connectivity index (χ2v) is 8.44. The van der Waals surface area contributed by atoms with E-state index in [-0.39, 0.29) is 23.5 Å². The van der Waals surface area contributed by atoms with Crippen LogP contribution in [0.25, 0.3) is 0 Å². The second kappa shape index (κ2) is 6.34. The highest BCUT2D eigenvalue weighted by molar-refractivity contribution is 5.59. The topological polar surface area (TPSA) is 21.3 Å². The largest absolute Gasteiger partial charge is 0.377 e. The molecule has 4 rings (SSSR count). The van der Waals surface area contributed by atoms with Crippen LogP contribution in [0.5, 0.6) is 0 Å². The number of halogens is 2. The first-order chi connectivity index (χ1) is 12.3. The summed E-state index contributed by atoms with van der Waals surface area (Å²) >= 11 is 0. The third-order valence-corrected chi connectivity index (χ3v) is 5.63. The molecule has 3 atom stereocenters. The van der Waals surface area contributed by atoms with Gasteiger partial charge in [0.25, 0.3) is 0 Å². The van der Waals surface area contributed by atoms with E-state index < -0.39 is 11.6 Å². The molecular weight excluding hydrogens is 332 g/mol. The lowest BCUT2D eigenvalue weighted by Gasteiger charge is -2.44. The van der Waals surface area contributed by atoms with Crippen LogP contribution < -0.4 is 5.32 Å². The fraction of sp³-hybridized carbons (Fsp3) is 0.455. The molecule has 0 bridgehead atoms. The van der Waals surface area contributed by atoms with E-state index in [0.717, 1.165) is 36.8 Å². The third-order valence-electron chi connectivity index (χ3n) is 5.63. The molecule has 2 nitrogen and oxygen atoms in total. The number of anilines is 1. The molecule has 4 heteroatoms. The Kier molecular flexibility index (Phi) is 4.26. The van der Waals surface area contributed by atoms with Crippen molar-refractivity contribution in [3.05, 3.63) is 64.7 Å². The van der Waals surface area contributed by atoms with Crippen LogP contribution in [0.1, 0.15) is 62.4 Å². The van der Waals surface area contributed by atoms with E-state index in [1.807, 2.05) is 0 Å². The predicted octanol–water partition coefficient (Wildman–Crippen LogP) is 5.90. The molecule has 2 aliphatic rings. The van der Waals surface area contributed by atoms with Gasteiger partial charge in [-0.2, -0.15) is 0 Å². The Morgan fingerprint density at radius 3 is 2.58 bits per heavy atom. The maximum Gasteiger partial charge on any atom is 0.131 e. The molecule has 1 N–H and O–H groups in total. The average Bonchev–Trinajstić information content (AvgIpc) is 2.60. The van der Waals surface area contributed by atoms with Crippen LogP contribution in [0.3, 0.4) is 0 Å². The molecule has 1 fully saturated rings. The molecule has 2 aromatic rings. The summed E-state index contributed by atoms with van der Waals surface area (Å²) < 4.78 is 34.0. The Bertz CT molecular complexity index is 827. The molecule has 0 radical (unpaired) electrons. The Morgan fingerprint density at radius 1 is 1.04 bits per heavy atom. The van der Waals surface area contributed by atoms with Crippen LogP contribution in [0.4, 0.5) is 14.5 Å². The van der Waals surface area contributed by atoms with Gasteiger partial charge in [-0.05, 0) is 36.0 Å².